The second-order valence-electron chi connectivity index (χ2n) is 6.42. The van der Waals surface area contributed by atoms with Gasteiger partial charge in [-0.1, -0.05) is 35.6 Å². The van der Waals surface area contributed by atoms with Crippen LogP contribution in [-0.2, 0) is 11.2 Å². The molecule has 7 heteroatoms. The molecule has 2 aromatic carbocycles. The van der Waals surface area contributed by atoms with Gasteiger partial charge in [-0.15, -0.1) is 0 Å². The van der Waals surface area contributed by atoms with Crippen LogP contribution in [0.5, 0.6) is 5.75 Å². The third-order valence-electron chi connectivity index (χ3n) is 4.58. The summed E-state index contributed by atoms with van der Waals surface area (Å²) in [7, 11) is 1.65. The molecular weight excluding hydrogens is 384 g/mol. The van der Waals surface area contributed by atoms with Crippen LogP contribution in [0.25, 0.3) is 10.2 Å². The van der Waals surface area contributed by atoms with Crippen molar-refractivity contribution in [1.29, 1.82) is 5.26 Å². The third-order valence-corrected chi connectivity index (χ3v) is 5.61. The summed E-state index contributed by atoms with van der Waals surface area (Å²) in [4.78, 5) is 11.1. The first-order valence-corrected chi connectivity index (χ1v) is 10.1. The molecule has 0 saturated heterocycles. The topological polar surface area (TPSA) is 70.7 Å². The highest BCUT2D eigenvalue weighted by Crippen LogP contribution is 2.34. The summed E-state index contributed by atoms with van der Waals surface area (Å²) >= 11 is 1.57. The Kier molecular flexibility index (Phi) is 5.84. The van der Waals surface area contributed by atoms with Crippen molar-refractivity contribution in [2.45, 2.75) is 19.2 Å². The Bertz CT molecular complexity index is 1050. The van der Waals surface area contributed by atoms with E-state index < -0.39 is 6.35 Å². The third kappa shape index (κ3) is 4.29. The minimum Gasteiger partial charge on any atom is -0.497 e. The highest BCUT2D eigenvalue weighted by Gasteiger charge is 2.27. The van der Waals surface area contributed by atoms with Crippen molar-refractivity contribution < 1.29 is 9.47 Å². The lowest BCUT2D eigenvalue weighted by Gasteiger charge is -2.31. The van der Waals surface area contributed by atoms with Crippen LogP contribution in [0.2, 0.25) is 0 Å². The lowest BCUT2D eigenvalue weighted by molar-refractivity contribution is 0.0629. The second-order valence-corrected chi connectivity index (χ2v) is 7.43. The molecule has 1 atom stereocenters. The Balaban J connectivity index is 1.51. The lowest BCUT2D eigenvalue weighted by atomic mass is 10.1. The number of methoxy groups -OCH3 is 1. The SMILES string of the molecule is COc1ccc(CCOC2N=CC=C(CC#N)N2c2nc3ccccc3s2)cc1. The normalized spacial score (nSPS) is 15.9. The van der Waals surface area contributed by atoms with Crippen LogP contribution in [0, 0.1) is 11.3 Å². The van der Waals surface area contributed by atoms with Crippen molar-refractivity contribution in [1.82, 2.24) is 4.98 Å². The first-order chi connectivity index (χ1) is 14.3. The maximum Gasteiger partial charge on any atom is 0.233 e. The predicted octanol–water partition coefficient (Wildman–Crippen LogP) is 4.54. The number of nitriles is 1. The number of anilines is 1. The van der Waals surface area contributed by atoms with Crippen LogP contribution in [0.3, 0.4) is 0 Å². The average molecular weight is 404 g/mol. The highest BCUT2D eigenvalue weighted by atomic mass is 32.1. The molecule has 2 heterocycles. The largest absolute Gasteiger partial charge is 0.497 e. The van der Waals surface area contributed by atoms with E-state index in [1.807, 2.05) is 59.5 Å². The van der Waals surface area contributed by atoms with Crippen molar-refractivity contribution in [3.05, 3.63) is 65.9 Å². The van der Waals surface area contributed by atoms with Gasteiger partial charge in [0.05, 0.1) is 36.4 Å². The van der Waals surface area contributed by atoms with Gasteiger partial charge in [-0.3, -0.25) is 4.90 Å². The summed E-state index contributed by atoms with van der Waals surface area (Å²) in [6, 6.07) is 18.1. The second kappa shape index (κ2) is 8.86. The molecular formula is C22H20N4O2S. The maximum atomic E-state index is 9.25. The minimum atomic E-state index is -0.540. The van der Waals surface area contributed by atoms with E-state index in [9.17, 15) is 5.26 Å². The van der Waals surface area contributed by atoms with Crippen LogP contribution in [-0.4, -0.2) is 31.3 Å². The number of benzene rings is 2. The van der Waals surface area contributed by atoms with Gasteiger partial charge < -0.3 is 9.47 Å². The number of rotatable bonds is 7. The Morgan fingerprint density at radius 1 is 1.17 bits per heavy atom. The predicted molar refractivity (Wildman–Crippen MR) is 115 cm³/mol. The van der Waals surface area contributed by atoms with Crippen molar-refractivity contribution in [3.63, 3.8) is 0 Å². The average Bonchev–Trinajstić information content (AvgIpc) is 3.18. The molecule has 1 aliphatic heterocycles. The first kappa shape index (κ1) is 19.1. The molecule has 1 aliphatic rings. The fraction of sp³-hybridized carbons (Fsp3) is 0.227. The molecule has 0 amide bonds. The molecule has 1 unspecified atom stereocenters. The van der Waals surface area contributed by atoms with E-state index in [0.717, 1.165) is 38.8 Å². The van der Waals surface area contributed by atoms with Crippen LogP contribution in [0.15, 0.2) is 65.3 Å². The van der Waals surface area contributed by atoms with Crippen molar-refractivity contribution in [2.75, 3.05) is 18.6 Å². The maximum absolute atomic E-state index is 9.25. The van der Waals surface area contributed by atoms with E-state index in [2.05, 4.69) is 11.1 Å². The molecule has 0 saturated carbocycles. The number of para-hydroxylation sites is 1. The number of allylic oxidation sites excluding steroid dienone is 2. The van der Waals surface area contributed by atoms with E-state index in [-0.39, 0.29) is 6.42 Å². The number of hydrogen-bond acceptors (Lipinski definition) is 7. The molecule has 0 spiro atoms. The highest BCUT2D eigenvalue weighted by molar-refractivity contribution is 7.22. The Morgan fingerprint density at radius 3 is 2.76 bits per heavy atom. The monoisotopic (exact) mass is 404 g/mol. The van der Waals surface area contributed by atoms with Crippen LogP contribution < -0.4 is 9.64 Å². The van der Waals surface area contributed by atoms with Gasteiger partial charge in [-0.2, -0.15) is 5.26 Å². The van der Waals surface area contributed by atoms with E-state index in [1.54, 1.807) is 24.7 Å². The summed E-state index contributed by atoms with van der Waals surface area (Å²) in [5.74, 6) is 0.833. The first-order valence-electron chi connectivity index (χ1n) is 9.27. The quantitative estimate of drug-likeness (QED) is 0.578. The zero-order valence-electron chi connectivity index (χ0n) is 16.0. The summed E-state index contributed by atoms with van der Waals surface area (Å²) in [5, 5.41) is 10.0. The molecule has 0 N–H and O–H groups in total. The molecule has 6 nitrogen and oxygen atoms in total. The van der Waals surface area contributed by atoms with E-state index >= 15 is 0 Å². The summed E-state index contributed by atoms with van der Waals surface area (Å²) in [5.41, 5.74) is 2.91. The number of ether oxygens (including phenoxy) is 2. The van der Waals surface area contributed by atoms with Crippen molar-refractivity contribution in [2.24, 2.45) is 4.99 Å². The van der Waals surface area contributed by atoms with E-state index in [4.69, 9.17) is 14.5 Å². The molecule has 0 radical (unpaired) electrons. The zero-order valence-corrected chi connectivity index (χ0v) is 16.8. The van der Waals surface area contributed by atoms with Gasteiger partial charge in [0.2, 0.25) is 6.35 Å². The van der Waals surface area contributed by atoms with Gasteiger partial charge in [0, 0.05) is 11.9 Å². The van der Waals surface area contributed by atoms with Gasteiger partial charge >= 0.3 is 0 Å². The van der Waals surface area contributed by atoms with Gasteiger partial charge in [-0.05, 0) is 42.3 Å². The van der Waals surface area contributed by atoms with Crippen molar-refractivity contribution >= 4 is 32.9 Å². The lowest BCUT2D eigenvalue weighted by Crippen LogP contribution is -2.38. The summed E-state index contributed by atoms with van der Waals surface area (Å²) in [6.45, 7) is 0.496. The standard InChI is InChI=1S/C22H20N4O2S/c1-27-18-8-6-16(7-9-18)12-15-28-21-24-14-11-17(10-13-23)26(21)22-25-19-4-2-3-5-20(19)29-22/h2-9,11,14,21H,10,12,15H2,1H3. The molecule has 0 bridgehead atoms. The molecule has 3 aromatic rings. The van der Waals surface area contributed by atoms with Gasteiger partial charge in [0.15, 0.2) is 5.13 Å². The zero-order chi connectivity index (χ0) is 20.1. The van der Waals surface area contributed by atoms with E-state index in [1.165, 1.54) is 0 Å². The number of nitrogens with zero attached hydrogens (tertiary/aromatic N) is 4. The van der Waals surface area contributed by atoms with Crippen molar-refractivity contribution in [3.8, 4) is 11.8 Å². The molecule has 146 valence electrons. The number of hydrogen-bond donors (Lipinski definition) is 0. The van der Waals surface area contributed by atoms with Crippen LogP contribution >= 0.6 is 11.3 Å². The Morgan fingerprint density at radius 2 is 2.00 bits per heavy atom. The molecule has 4 rings (SSSR count). The number of aliphatic imine (C=N–C) groups is 1. The minimum absolute atomic E-state index is 0.264. The Hall–Kier alpha value is -3.21. The number of fused-ring (bicyclic) bond motifs is 1. The van der Waals surface area contributed by atoms with Gasteiger partial charge in [-0.25, -0.2) is 9.98 Å². The summed E-state index contributed by atoms with van der Waals surface area (Å²) in [6.07, 6.45) is 4.02. The van der Waals surface area contributed by atoms with Gasteiger partial charge in [0.1, 0.15) is 5.75 Å². The fourth-order valence-electron chi connectivity index (χ4n) is 3.09. The number of aromatic nitrogens is 1. The molecule has 29 heavy (non-hydrogen) atoms. The molecule has 1 aromatic heterocycles. The Labute approximate surface area is 173 Å². The van der Waals surface area contributed by atoms with Gasteiger partial charge in [0.25, 0.3) is 0 Å². The van der Waals surface area contributed by atoms with E-state index in [0.29, 0.717) is 6.61 Å². The molecule has 0 aliphatic carbocycles. The molecule has 0 fully saturated rings. The smallest absolute Gasteiger partial charge is 0.233 e. The summed E-state index contributed by atoms with van der Waals surface area (Å²) < 4.78 is 12.4. The fourth-order valence-corrected chi connectivity index (χ4v) is 4.10. The van der Waals surface area contributed by atoms with Crippen LogP contribution in [0.1, 0.15) is 12.0 Å². The van der Waals surface area contributed by atoms with Crippen LogP contribution in [0.4, 0.5) is 5.13 Å². The number of thiazole rings is 1.